The standard InChI is InChI=1S/C18H17N3O/c1-4-18(22)19-15-8-11(2)7-14(9-15)13-5-6-17-16(10-13)12(3)20-21-17/h4-10H,1H2,2-3H3,(H,19,22)(H,20,21). The van der Waals surface area contributed by atoms with Gasteiger partial charge in [-0.25, -0.2) is 0 Å². The zero-order valence-electron chi connectivity index (χ0n) is 12.6. The van der Waals surface area contributed by atoms with Gasteiger partial charge in [0.05, 0.1) is 11.2 Å². The summed E-state index contributed by atoms with van der Waals surface area (Å²) >= 11 is 0. The number of anilines is 1. The molecule has 22 heavy (non-hydrogen) atoms. The number of hydrogen-bond donors (Lipinski definition) is 2. The fraction of sp³-hybridized carbons (Fsp3) is 0.111. The molecule has 4 nitrogen and oxygen atoms in total. The molecular formula is C18H17N3O. The molecule has 3 rings (SSSR count). The van der Waals surface area contributed by atoms with Gasteiger partial charge in [-0.1, -0.05) is 18.7 Å². The van der Waals surface area contributed by atoms with Crippen molar-refractivity contribution in [2.45, 2.75) is 13.8 Å². The first-order valence-corrected chi connectivity index (χ1v) is 7.07. The van der Waals surface area contributed by atoms with Crippen LogP contribution in [0.4, 0.5) is 5.69 Å². The fourth-order valence-electron chi connectivity index (χ4n) is 2.54. The van der Waals surface area contributed by atoms with Crippen molar-refractivity contribution in [2.24, 2.45) is 0 Å². The molecule has 0 fully saturated rings. The summed E-state index contributed by atoms with van der Waals surface area (Å²) in [5, 5.41) is 11.1. The smallest absolute Gasteiger partial charge is 0.247 e. The van der Waals surface area contributed by atoms with Gasteiger partial charge in [-0.15, -0.1) is 0 Å². The van der Waals surface area contributed by atoms with E-state index >= 15 is 0 Å². The highest BCUT2D eigenvalue weighted by atomic mass is 16.1. The third-order valence-corrected chi connectivity index (χ3v) is 3.62. The van der Waals surface area contributed by atoms with Crippen LogP contribution in [0.2, 0.25) is 0 Å². The van der Waals surface area contributed by atoms with Crippen molar-refractivity contribution in [2.75, 3.05) is 5.32 Å². The minimum absolute atomic E-state index is 0.210. The highest BCUT2D eigenvalue weighted by Gasteiger charge is 2.07. The van der Waals surface area contributed by atoms with Gasteiger partial charge in [-0.3, -0.25) is 9.89 Å². The van der Waals surface area contributed by atoms with Crippen molar-refractivity contribution in [3.63, 3.8) is 0 Å². The third-order valence-electron chi connectivity index (χ3n) is 3.62. The van der Waals surface area contributed by atoms with E-state index in [4.69, 9.17) is 0 Å². The molecule has 0 saturated carbocycles. The van der Waals surface area contributed by atoms with Gasteiger partial charge in [0.25, 0.3) is 0 Å². The molecule has 0 unspecified atom stereocenters. The molecule has 0 aliphatic heterocycles. The van der Waals surface area contributed by atoms with E-state index in [0.29, 0.717) is 0 Å². The van der Waals surface area contributed by atoms with Gasteiger partial charge in [0.1, 0.15) is 0 Å². The number of aromatic amines is 1. The molecule has 1 amide bonds. The third kappa shape index (κ3) is 2.63. The lowest BCUT2D eigenvalue weighted by Crippen LogP contribution is -2.07. The predicted molar refractivity (Wildman–Crippen MR) is 89.8 cm³/mol. The number of carbonyl (C=O) groups is 1. The molecule has 0 radical (unpaired) electrons. The van der Waals surface area contributed by atoms with Crippen LogP contribution >= 0.6 is 0 Å². The Kier molecular flexibility index (Phi) is 3.51. The van der Waals surface area contributed by atoms with Crippen molar-refractivity contribution in [3.8, 4) is 11.1 Å². The Labute approximate surface area is 128 Å². The number of aromatic nitrogens is 2. The van der Waals surface area contributed by atoms with Crippen molar-refractivity contribution in [1.82, 2.24) is 10.2 Å². The Balaban J connectivity index is 2.07. The van der Waals surface area contributed by atoms with E-state index in [1.165, 1.54) is 6.08 Å². The van der Waals surface area contributed by atoms with Crippen molar-refractivity contribution in [3.05, 3.63) is 60.3 Å². The van der Waals surface area contributed by atoms with Crippen LogP contribution in [0.3, 0.4) is 0 Å². The van der Waals surface area contributed by atoms with Crippen LogP contribution in [0.1, 0.15) is 11.3 Å². The summed E-state index contributed by atoms with van der Waals surface area (Å²) in [5.41, 5.74) is 6.00. The highest BCUT2D eigenvalue weighted by molar-refractivity contribution is 5.99. The van der Waals surface area contributed by atoms with Crippen LogP contribution in [0.25, 0.3) is 22.0 Å². The maximum atomic E-state index is 11.5. The van der Waals surface area contributed by atoms with Crippen LogP contribution in [0.5, 0.6) is 0 Å². The molecule has 0 aliphatic carbocycles. The van der Waals surface area contributed by atoms with E-state index in [0.717, 1.165) is 39.0 Å². The van der Waals surface area contributed by atoms with Crippen LogP contribution < -0.4 is 5.32 Å². The second-order valence-corrected chi connectivity index (χ2v) is 5.35. The molecule has 1 heterocycles. The first kappa shape index (κ1) is 14.1. The molecule has 3 aromatic rings. The number of rotatable bonds is 3. The maximum Gasteiger partial charge on any atom is 0.247 e. The summed E-state index contributed by atoms with van der Waals surface area (Å²) < 4.78 is 0. The molecule has 110 valence electrons. The largest absolute Gasteiger partial charge is 0.323 e. The summed E-state index contributed by atoms with van der Waals surface area (Å²) in [6.45, 7) is 7.46. The zero-order valence-corrected chi connectivity index (χ0v) is 12.6. The molecule has 0 aliphatic rings. The van der Waals surface area contributed by atoms with E-state index < -0.39 is 0 Å². The van der Waals surface area contributed by atoms with E-state index in [-0.39, 0.29) is 5.91 Å². The van der Waals surface area contributed by atoms with Crippen LogP contribution in [0, 0.1) is 13.8 Å². The Bertz CT molecular complexity index is 877. The van der Waals surface area contributed by atoms with Gasteiger partial charge in [-0.2, -0.15) is 5.10 Å². The fourth-order valence-corrected chi connectivity index (χ4v) is 2.54. The first-order valence-electron chi connectivity index (χ1n) is 7.07. The molecule has 4 heteroatoms. The van der Waals surface area contributed by atoms with Gasteiger partial charge >= 0.3 is 0 Å². The summed E-state index contributed by atoms with van der Waals surface area (Å²) in [4.78, 5) is 11.5. The monoisotopic (exact) mass is 291 g/mol. The molecule has 1 aromatic heterocycles. The lowest BCUT2D eigenvalue weighted by atomic mass is 10.0. The van der Waals surface area contributed by atoms with E-state index in [9.17, 15) is 4.79 Å². The molecular weight excluding hydrogens is 274 g/mol. The maximum absolute atomic E-state index is 11.5. The average molecular weight is 291 g/mol. The van der Waals surface area contributed by atoms with Gasteiger partial charge in [0.2, 0.25) is 5.91 Å². The number of benzene rings is 2. The van der Waals surface area contributed by atoms with E-state index in [1.807, 2.05) is 38.1 Å². The van der Waals surface area contributed by atoms with Crippen molar-refractivity contribution >= 4 is 22.5 Å². The van der Waals surface area contributed by atoms with Gasteiger partial charge < -0.3 is 5.32 Å². The Morgan fingerprint density at radius 3 is 2.77 bits per heavy atom. The summed E-state index contributed by atoms with van der Waals surface area (Å²) in [6, 6.07) is 12.2. The van der Waals surface area contributed by atoms with Gasteiger partial charge in [-0.05, 0) is 60.9 Å². The lowest BCUT2D eigenvalue weighted by Gasteiger charge is -2.09. The Morgan fingerprint density at radius 1 is 1.18 bits per heavy atom. The van der Waals surface area contributed by atoms with Crippen molar-refractivity contribution < 1.29 is 4.79 Å². The first-order chi connectivity index (χ1) is 10.6. The van der Waals surface area contributed by atoms with Crippen LogP contribution in [-0.4, -0.2) is 16.1 Å². The van der Waals surface area contributed by atoms with Crippen molar-refractivity contribution in [1.29, 1.82) is 0 Å². The highest BCUT2D eigenvalue weighted by Crippen LogP contribution is 2.28. The summed E-state index contributed by atoms with van der Waals surface area (Å²) in [6.07, 6.45) is 1.27. The number of aryl methyl sites for hydroxylation is 2. The minimum Gasteiger partial charge on any atom is -0.323 e. The van der Waals surface area contributed by atoms with Gasteiger partial charge in [0, 0.05) is 11.1 Å². The molecule has 0 spiro atoms. The Hall–Kier alpha value is -2.88. The number of fused-ring (bicyclic) bond motifs is 1. The number of nitrogens with one attached hydrogen (secondary N) is 2. The molecule has 2 N–H and O–H groups in total. The lowest BCUT2D eigenvalue weighted by molar-refractivity contribution is -0.111. The topological polar surface area (TPSA) is 57.8 Å². The average Bonchev–Trinajstić information content (AvgIpc) is 2.87. The quantitative estimate of drug-likeness (QED) is 0.717. The number of carbonyl (C=O) groups excluding carboxylic acids is 1. The molecule has 0 atom stereocenters. The second kappa shape index (κ2) is 5.48. The van der Waals surface area contributed by atoms with Crippen LogP contribution in [0.15, 0.2) is 49.1 Å². The zero-order chi connectivity index (χ0) is 15.7. The Morgan fingerprint density at radius 2 is 2.00 bits per heavy atom. The summed E-state index contributed by atoms with van der Waals surface area (Å²) in [7, 11) is 0. The number of H-pyrrole nitrogens is 1. The SMILES string of the molecule is C=CC(=O)Nc1cc(C)cc(-c2ccc3[nH]nc(C)c3c2)c1. The number of nitrogens with zero attached hydrogens (tertiary/aromatic N) is 1. The molecule has 0 saturated heterocycles. The van der Waals surface area contributed by atoms with Crippen LogP contribution in [-0.2, 0) is 4.79 Å². The molecule has 0 bridgehead atoms. The van der Waals surface area contributed by atoms with E-state index in [2.05, 4.69) is 34.2 Å². The van der Waals surface area contributed by atoms with E-state index in [1.54, 1.807) is 0 Å². The second-order valence-electron chi connectivity index (χ2n) is 5.35. The number of hydrogen-bond acceptors (Lipinski definition) is 2. The molecule has 2 aromatic carbocycles. The summed E-state index contributed by atoms with van der Waals surface area (Å²) in [5.74, 6) is -0.210. The normalized spacial score (nSPS) is 10.6. The predicted octanol–water partition coefficient (Wildman–Crippen LogP) is 3.97. The number of amides is 1. The minimum atomic E-state index is -0.210. The van der Waals surface area contributed by atoms with Gasteiger partial charge in [0.15, 0.2) is 0 Å².